The SMILES string of the molecule is Cc1ccc(Cl)cc1-n1ccc(CCl)n1. The molecule has 0 aliphatic carbocycles. The minimum Gasteiger partial charge on any atom is -0.240 e. The Kier molecular flexibility index (Phi) is 2.98. The third-order valence-electron chi connectivity index (χ3n) is 2.20. The summed E-state index contributed by atoms with van der Waals surface area (Å²) in [6.45, 7) is 2.02. The van der Waals surface area contributed by atoms with Crippen LogP contribution in [0, 0.1) is 6.92 Å². The number of nitrogens with zero attached hydrogens (tertiary/aromatic N) is 2. The van der Waals surface area contributed by atoms with Gasteiger partial charge in [-0.1, -0.05) is 17.7 Å². The second-order valence-electron chi connectivity index (χ2n) is 3.32. The van der Waals surface area contributed by atoms with Gasteiger partial charge in [-0.05, 0) is 30.7 Å². The van der Waals surface area contributed by atoms with Crippen LogP contribution in [0.25, 0.3) is 5.69 Å². The van der Waals surface area contributed by atoms with Crippen molar-refractivity contribution in [3.63, 3.8) is 0 Å². The molecule has 0 bridgehead atoms. The Hall–Kier alpha value is -0.990. The Bertz CT molecular complexity index is 477. The van der Waals surface area contributed by atoms with Crippen molar-refractivity contribution in [2.24, 2.45) is 0 Å². The molecule has 2 rings (SSSR count). The number of benzene rings is 1. The molecule has 0 aliphatic heterocycles. The lowest BCUT2D eigenvalue weighted by molar-refractivity contribution is 0.852. The Balaban J connectivity index is 2.48. The van der Waals surface area contributed by atoms with E-state index in [1.54, 1.807) is 4.68 Å². The number of hydrogen-bond acceptors (Lipinski definition) is 1. The van der Waals surface area contributed by atoms with Gasteiger partial charge in [0.2, 0.25) is 0 Å². The second kappa shape index (κ2) is 4.25. The Labute approximate surface area is 98.4 Å². The van der Waals surface area contributed by atoms with Crippen molar-refractivity contribution in [1.29, 1.82) is 0 Å². The highest BCUT2D eigenvalue weighted by atomic mass is 35.5. The summed E-state index contributed by atoms with van der Waals surface area (Å²) in [5.41, 5.74) is 2.97. The molecule has 0 amide bonds. The van der Waals surface area contributed by atoms with Crippen molar-refractivity contribution in [3.8, 4) is 5.69 Å². The molecule has 2 nitrogen and oxygen atoms in total. The molecular weight excluding hydrogens is 231 g/mol. The minimum absolute atomic E-state index is 0.423. The Morgan fingerprint density at radius 2 is 2.13 bits per heavy atom. The average molecular weight is 241 g/mol. The van der Waals surface area contributed by atoms with Crippen LogP contribution < -0.4 is 0 Å². The number of aryl methyl sites for hydroxylation is 1. The van der Waals surface area contributed by atoms with E-state index in [0.717, 1.165) is 16.9 Å². The molecule has 0 N–H and O–H groups in total. The van der Waals surface area contributed by atoms with Crippen LogP contribution in [0.3, 0.4) is 0 Å². The van der Waals surface area contributed by atoms with Gasteiger partial charge in [-0.25, -0.2) is 4.68 Å². The summed E-state index contributed by atoms with van der Waals surface area (Å²) in [4.78, 5) is 0. The lowest BCUT2D eigenvalue weighted by Gasteiger charge is -2.05. The monoisotopic (exact) mass is 240 g/mol. The number of alkyl halides is 1. The van der Waals surface area contributed by atoms with Crippen LogP contribution in [0.15, 0.2) is 30.5 Å². The highest BCUT2D eigenvalue weighted by Crippen LogP contribution is 2.19. The molecule has 0 saturated heterocycles. The first kappa shape index (κ1) is 10.5. The van der Waals surface area contributed by atoms with Crippen LogP contribution in [0.5, 0.6) is 0 Å². The molecule has 0 fully saturated rings. The van der Waals surface area contributed by atoms with E-state index < -0.39 is 0 Å². The van der Waals surface area contributed by atoms with E-state index in [4.69, 9.17) is 23.2 Å². The lowest BCUT2D eigenvalue weighted by Crippen LogP contribution is -1.98. The van der Waals surface area contributed by atoms with Crippen LogP contribution >= 0.6 is 23.2 Å². The highest BCUT2D eigenvalue weighted by Gasteiger charge is 2.04. The van der Waals surface area contributed by atoms with E-state index in [-0.39, 0.29) is 0 Å². The summed E-state index contributed by atoms with van der Waals surface area (Å²) in [7, 11) is 0. The van der Waals surface area contributed by atoms with Gasteiger partial charge in [0.05, 0.1) is 17.3 Å². The number of rotatable bonds is 2. The zero-order chi connectivity index (χ0) is 10.8. The van der Waals surface area contributed by atoms with Crippen molar-refractivity contribution in [2.75, 3.05) is 0 Å². The molecule has 0 atom stereocenters. The maximum atomic E-state index is 5.94. The summed E-state index contributed by atoms with van der Waals surface area (Å²) in [6.07, 6.45) is 1.89. The molecule has 15 heavy (non-hydrogen) atoms. The van der Waals surface area contributed by atoms with Gasteiger partial charge in [-0.2, -0.15) is 5.10 Å². The van der Waals surface area contributed by atoms with E-state index in [0.29, 0.717) is 10.9 Å². The van der Waals surface area contributed by atoms with E-state index in [2.05, 4.69) is 5.10 Å². The van der Waals surface area contributed by atoms with Crippen LogP contribution in [-0.4, -0.2) is 9.78 Å². The molecule has 0 spiro atoms. The van der Waals surface area contributed by atoms with Gasteiger partial charge in [0, 0.05) is 11.2 Å². The largest absolute Gasteiger partial charge is 0.240 e. The number of halogens is 2. The van der Waals surface area contributed by atoms with E-state index in [1.165, 1.54) is 0 Å². The maximum Gasteiger partial charge on any atom is 0.0776 e. The van der Waals surface area contributed by atoms with Crippen LogP contribution in [0.2, 0.25) is 5.02 Å². The lowest BCUT2D eigenvalue weighted by atomic mass is 10.2. The molecule has 0 radical (unpaired) electrons. The summed E-state index contributed by atoms with van der Waals surface area (Å²) >= 11 is 11.6. The second-order valence-corrected chi connectivity index (χ2v) is 4.02. The van der Waals surface area contributed by atoms with Gasteiger partial charge < -0.3 is 0 Å². The zero-order valence-corrected chi connectivity index (χ0v) is 9.76. The standard InChI is InChI=1S/C11H10Cl2N2/c1-8-2-3-9(13)6-11(8)15-5-4-10(7-12)14-15/h2-6H,7H2,1H3. The normalized spacial score (nSPS) is 10.6. The van der Waals surface area contributed by atoms with Gasteiger partial charge in [-0.3, -0.25) is 0 Å². The van der Waals surface area contributed by atoms with Crippen molar-refractivity contribution in [1.82, 2.24) is 9.78 Å². The summed E-state index contributed by atoms with van der Waals surface area (Å²) in [5.74, 6) is 0.423. The van der Waals surface area contributed by atoms with Gasteiger partial charge in [-0.15, -0.1) is 11.6 Å². The molecule has 1 aromatic heterocycles. The van der Waals surface area contributed by atoms with Crippen molar-refractivity contribution < 1.29 is 0 Å². The summed E-state index contributed by atoms with van der Waals surface area (Å²) < 4.78 is 1.79. The summed E-state index contributed by atoms with van der Waals surface area (Å²) in [6, 6.07) is 7.63. The fourth-order valence-electron chi connectivity index (χ4n) is 1.40. The van der Waals surface area contributed by atoms with Crippen LogP contribution in [-0.2, 0) is 5.88 Å². The van der Waals surface area contributed by atoms with Gasteiger partial charge in [0.1, 0.15) is 0 Å². The fraction of sp³-hybridized carbons (Fsp3) is 0.182. The van der Waals surface area contributed by atoms with E-state index in [9.17, 15) is 0 Å². The van der Waals surface area contributed by atoms with Crippen molar-refractivity contribution >= 4 is 23.2 Å². The molecular formula is C11H10Cl2N2. The quantitative estimate of drug-likeness (QED) is 0.735. The Morgan fingerprint density at radius 1 is 1.33 bits per heavy atom. The minimum atomic E-state index is 0.423. The average Bonchev–Trinajstić information content (AvgIpc) is 2.70. The highest BCUT2D eigenvalue weighted by molar-refractivity contribution is 6.30. The van der Waals surface area contributed by atoms with Gasteiger partial charge in [0.15, 0.2) is 0 Å². The number of aromatic nitrogens is 2. The molecule has 4 heteroatoms. The zero-order valence-electron chi connectivity index (χ0n) is 8.24. The molecule has 78 valence electrons. The topological polar surface area (TPSA) is 17.8 Å². The van der Waals surface area contributed by atoms with E-state index >= 15 is 0 Å². The maximum absolute atomic E-state index is 5.94. The molecule has 0 aliphatic rings. The first-order valence-electron chi connectivity index (χ1n) is 4.58. The molecule has 2 aromatic rings. The molecule has 0 unspecified atom stereocenters. The Morgan fingerprint density at radius 3 is 2.80 bits per heavy atom. The van der Waals surface area contributed by atoms with E-state index in [1.807, 2.05) is 37.4 Å². The predicted octanol–water partition coefficient (Wildman–Crippen LogP) is 3.57. The molecule has 0 saturated carbocycles. The van der Waals surface area contributed by atoms with Gasteiger partial charge in [0.25, 0.3) is 0 Å². The number of hydrogen-bond donors (Lipinski definition) is 0. The summed E-state index contributed by atoms with van der Waals surface area (Å²) in [5, 5.41) is 5.03. The molecule has 1 aromatic carbocycles. The smallest absolute Gasteiger partial charge is 0.0776 e. The first-order chi connectivity index (χ1) is 7.20. The molecule has 1 heterocycles. The third-order valence-corrected chi connectivity index (χ3v) is 2.71. The van der Waals surface area contributed by atoms with Crippen LogP contribution in [0.4, 0.5) is 0 Å². The first-order valence-corrected chi connectivity index (χ1v) is 5.49. The van der Waals surface area contributed by atoms with Crippen molar-refractivity contribution in [2.45, 2.75) is 12.8 Å². The van der Waals surface area contributed by atoms with Gasteiger partial charge >= 0.3 is 0 Å². The third kappa shape index (κ3) is 2.16. The fourth-order valence-corrected chi connectivity index (χ4v) is 1.71. The predicted molar refractivity (Wildman–Crippen MR) is 62.9 cm³/mol. The van der Waals surface area contributed by atoms with Crippen molar-refractivity contribution in [3.05, 3.63) is 46.7 Å². The van der Waals surface area contributed by atoms with Crippen LogP contribution in [0.1, 0.15) is 11.3 Å².